The predicted molar refractivity (Wildman–Crippen MR) is 81.7 cm³/mol. The van der Waals surface area contributed by atoms with Crippen LogP contribution < -0.4 is 10.1 Å². The number of halogens is 1. The summed E-state index contributed by atoms with van der Waals surface area (Å²) in [6, 6.07) is 5.17. The highest BCUT2D eigenvalue weighted by Crippen LogP contribution is 2.28. The van der Waals surface area contributed by atoms with Gasteiger partial charge >= 0.3 is 6.03 Å². The number of hydrogen-bond donors (Lipinski definition) is 1. The minimum atomic E-state index is -0.897. The van der Waals surface area contributed by atoms with E-state index in [1.807, 2.05) is 0 Å². The van der Waals surface area contributed by atoms with Gasteiger partial charge < -0.3 is 15.0 Å². The van der Waals surface area contributed by atoms with Crippen molar-refractivity contribution in [2.75, 3.05) is 26.7 Å². The van der Waals surface area contributed by atoms with Gasteiger partial charge in [0.1, 0.15) is 17.1 Å². The molecule has 1 spiro atoms. The summed E-state index contributed by atoms with van der Waals surface area (Å²) in [6.45, 7) is 0.507. The Kier molecular flexibility index (Phi) is 4.13. The van der Waals surface area contributed by atoms with Gasteiger partial charge in [-0.3, -0.25) is 14.5 Å². The standard InChI is InChI=1S/C16H18FN3O4/c1-19-14(22)16(18-15(19)23)5-7-20(8-6-16)13(21)10-24-12-4-2-3-11(17)9-12/h2-4,9H,5-8,10H2,1H3,(H,18,23). The summed E-state index contributed by atoms with van der Waals surface area (Å²) >= 11 is 0. The summed E-state index contributed by atoms with van der Waals surface area (Å²) < 4.78 is 18.4. The maximum atomic E-state index is 13.1. The number of carbonyl (C=O) groups is 3. The van der Waals surface area contributed by atoms with Gasteiger partial charge in [-0.1, -0.05) is 6.07 Å². The number of piperidine rings is 1. The van der Waals surface area contributed by atoms with Crippen LogP contribution >= 0.6 is 0 Å². The Labute approximate surface area is 138 Å². The first-order valence-corrected chi connectivity index (χ1v) is 7.68. The molecule has 4 amide bonds. The molecule has 1 aromatic rings. The quantitative estimate of drug-likeness (QED) is 0.827. The van der Waals surface area contributed by atoms with Crippen molar-refractivity contribution in [1.29, 1.82) is 0 Å². The van der Waals surface area contributed by atoms with Crippen molar-refractivity contribution >= 4 is 17.8 Å². The SMILES string of the molecule is CN1C(=O)NC2(CCN(C(=O)COc3cccc(F)c3)CC2)C1=O. The smallest absolute Gasteiger partial charge is 0.324 e. The summed E-state index contributed by atoms with van der Waals surface area (Å²) in [5.41, 5.74) is -0.897. The molecule has 1 aromatic carbocycles. The predicted octanol–water partition coefficient (Wildman–Crippen LogP) is 0.747. The molecular weight excluding hydrogens is 317 g/mol. The van der Waals surface area contributed by atoms with Gasteiger partial charge in [0.25, 0.3) is 11.8 Å². The van der Waals surface area contributed by atoms with Crippen LogP contribution in [-0.4, -0.2) is 59.9 Å². The molecule has 0 saturated carbocycles. The van der Waals surface area contributed by atoms with Crippen LogP contribution in [-0.2, 0) is 9.59 Å². The highest BCUT2D eigenvalue weighted by atomic mass is 19.1. The van der Waals surface area contributed by atoms with E-state index >= 15 is 0 Å². The number of likely N-dealkylation sites (tertiary alicyclic amines) is 1. The third-order valence-electron chi connectivity index (χ3n) is 4.49. The number of nitrogens with one attached hydrogen (secondary N) is 1. The zero-order valence-corrected chi connectivity index (χ0v) is 13.3. The van der Waals surface area contributed by atoms with Crippen LogP contribution in [0.3, 0.4) is 0 Å². The summed E-state index contributed by atoms with van der Waals surface area (Å²) in [4.78, 5) is 38.7. The van der Waals surface area contributed by atoms with E-state index < -0.39 is 17.4 Å². The molecule has 0 aromatic heterocycles. The van der Waals surface area contributed by atoms with Crippen molar-refractivity contribution in [2.24, 2.45) is 0 Å². The molecule has 7 nitrogen and oxygen atoms in total. The number of benzene rings is 1. The lowest BCUT2D eigenvalue weighted by atomic mass is 9.87. The molecule has 2 saturated heterocycles. The van der Waals surface area contributed by atoms with E-state index in [0.717, 1.165) is 4.90 Å². The first-order valence-electron chi connectivity index (χ1n) is 7.68. The van der Waals surface area contributed by atoms with Gasteiger partial charge in [0.2, 0.25) is 0 Å². The zero-order valence-electron chi connectivity index (χ0n) is 13.3. The van der Waals surface area contributed by atoms with Gasteiger partial charge in [-0.05, 0) is 25.0 Å². The third-order valence-corrected chi connectivity index (χ3v) is 4.49. The summed E-state index contributed by atoms with van der Waals surface area (Å²) in [5, 5.41) is 2.72. The minimum absolute atomic E-state index is 0.198. The van der Waals surface area contributed by atoms with Gasteiger partial charge in [0.05, 0.1) is 0 Å². The van der Waals surface area contributed by atoms with Crippen LogP contribution in [0, 0.1) is 5.82 Å². The lowest BCUT2D eigenvalue weighted by molar-refractivity contribution is -0.139. The van der Waals surface area contributed by atoms with Gasteiger partial charge in [-0.25, -0.2) is 9.18 Å². The van der Waals surface area contributed by atoms with Crippen molar-refractivity contribution < 1.29 is 23.5 Å². The minimum Gasteiger partial charge on any atom is -0.484 e. The first kappa shape index (κ1) is 16.2. The van der Waals surface area contributed by atoms with E-state index in [2.05, 4.69) is 5.32 Å². The molecule has 128 valence electrons. The summed E-state index contributed by atoms with van der Waals surface area (Å²) in [7, 11) is 1.44. The molecular formula is C16H18FN3O4. The topological polar surface area (TPSA) is 79.0 Å². The molecule has 0 unspecified atom stereocenters. The fourth-order valence-electron chi connectivity index (χ4n) is 3.03. The number of rotatable bonds is 3. The number of urea groups is 1. The molecule has 2 aliphatic heterocycles. The molecule has 0 aliphatic carbocycles. The van der Waals surface area contributed by atoms with Crippen LogP contribution in [0.25, 0.3) is 0 Å². The van der Waals surface area contributed by atoms with E-state index in [1.165, 1.54) is 25.2 Å². The average molecular weight is 335 g/mol. The van der Waals surface area contributed by atoms with Crippen molar-refractivity contribution in [3.8, 4) is 5.75 Å². The van der Waals surface area contributed by atoms with Gasteiger partial charge in [-0.2, -0.15) is 0 Å². The van der Waals surface area contributed by atoms with Gasteiger partial charge in [-0.15, -0.1) is 0 Å². The number of hydrogen-bond acceptors (Lipinski definition) is 4. The van der Waals surface area contributed by atoms with Gasteiger partial charge in [0.15, 0.2) is 6.61 Å². The lowest BCUT2D eigenvalue weighted by Crippen LogP contribution is -2.56. The molecule has 3 rings (SSSR count). The van der Waals surface area contributed by atoms with E-state index in [0.29, 0.717) is 25.9 Å². The number of carbonyl (C=O) groups excluding carboxylic acids is 3. The van der Waals surface area contributed by atoms with Crippen LogP contribution in [0.1, 0.15) is 12.8 Å². The molecule has 2 fully saturated rings. The van der Waals surface area contributed by atoms with E-state index in [9.17, 15) is 18.8 Å². The number of nitrogens with zero attached hydrogens (tertiary/aromatic N) is 2. The van der Waals surface area contributed by atoms with E-state index in [-0.39, 0.29) is 24.2 Å². The van der Waals surface area contributed by atoms with Crippen molar-refractivity contribution in [3.63, 3.8) is 0 Å². The second-order valence-electron chi connectivity index (χ2n) is 6.00. The van der Waals surface area contributed by atoms with Crippen molar-refractivity contribution in [2.45, 2.75) is 18.4 Å². The summed E-state index contributed by atoms with van der Waals surface area (Å²) in [6.07, 6.45) is 0.737. The second-order valence-corrected chi connectivity index (χ2v) is 6.00. The molecule has 0 radical (unpaired) electrons. The van der Waals surface area contributed by atoms with Crippen molar-refractivity contribution in [1.82, 2.24) is 15.1 Å². The molecule has 2 heterocycles. The fourth-order valence-corrected chi connectivity index (χ4v) is 3.03. The molecule has 8 heteroatoms. The third kappa shape index (κ3) is 2.91. The Balaban J connectivity index is 1.54. The van der Waals surface area contributed by atoms with Gasteiger partial charge in [0, 0.05) is 26.2 Å². The molecule has 2 aliphatic rings. The zero-order chi connectivity index (χ0) is 17.3. The maximum Gasteiger partial charge on any atom is 0.324 e. The number of amides is 4. The van der Waals surface area contributed by atoms with E-state index in [4.69, 9.17) is 4.74 Å². The Bertz CT molecular complexity index is 686. The van der Waals surface area contributed by atoms with Crippen LogP contribution in [0.4, 0.5) is 9.18 Å². The van der Waals surface area contributed by atoms with Crippen LogP contribution in [0.2, 0.25) is 0 Å². The largest absolute Gasteiger partial charge is 0.484 e. The van der Waals surface area contributed by atoms with E-state index in [1.54, 1.807) is 11.0 Å². The van der Waals surface area contributed by atoms with Crippen molar-refractivity contribution in [3.05, 3.63) is 30.1 Å². The number of likely N-dealkylation sites (N-methyl/N-ethyl adjacent to an activating group) is 1. The number of ether oxygens (including phenoxy) is 1. The maximum absolute atomic E-state index is 13.1. The Morgan fingerprint density at radius 3 is 2.62 bits per heavy atom. The monoisotopic (exact) mass is 335 g/mol. The molecule has 1 N–H and O–H groups in total. The highest BCUT2D eigenvalue weighted by molar-refractivity contribution is 6.06. The highest BCUT2D eigenvalue weighted by Gasteiger charge is 2.51. The van der Waals surface area contributed by atoms with Crippen LogP contribution in [0.15, 0.2) is 24.3 Å². The summed E-state index contributed by atoms with van der Waals surface area (Å²) in [5.74, 6) is -0.633. The first-order chi connectivity index (χ1) is 11.4. The Morgan fingerprint density at radius 1 is 1.33 bits per heavy atom. The molecule has 24 heavy (non-hydrogen) atoms. The second kappa shape index (κ2) is 6.10. The normalized spacial score (nSPS) is 19.6. The molecule has 0 atom stereocenters. The number of imide groups is 1. The lowest BCUT2D eigenvalue weighted by Gasteiger charge is -2.37. The van der Waals surface area contributed by atoms with Crippen LogP contribution in [0.5, 0.6) is 5.75 Å². The molecule has 0 bridgehead atoms. The fraction of sp³-hybridized carbons (Fsp3) is 0.438. The Hall–Kier alpha value is -2.64. The average Bonchev–Trinajstić information content (AvgIpc) is 2.78. The Morgan fingerprint density at radius 2 is 2.04 bits per heavy atom.